The minimum atomic E-state index is -1.02. The Hall–Kier alpha value is -1.43. The Labute approximate surface area is 99.2 Å². The summed E-state index contributed by atoms with van der Waals surface area (Å²) in [5.74, 6) is -0.139. The Balaban J connectivity index is 1.58. The van der Waals surface area contributed by atoms with Gasteiger partial charge in [-0.1, -0.05) is 5.21 Å². The highest BCUT2D eigenvalue weighted by molar-refractivity contribution is 5.84. The minimum absolute atomic E-state index is 0.0266. The highest BCUT2D eigenvalue weighted by Gasteiger charge is 2.39. The second-order valence-corrected chi connectivity index (χ2v) is 5.07. The van der Waals surface area contributed by atoms with Gasteiger partial charge in [-0.05, 0) is 25.7 Å². The Morgan fingerprint density at radius 1 is 1.53 bits per heavy atom. The van der Waals surface area contributed by atoms with Gasteiger partial charge in [0.15, 0.2) is 5.69 Å². The summed E-state index contributed by atoms with van der Waals surface area (Å²) in [6.45, 7) is 4.19. The van der Waals surface area contributed by atoms with E-state index in [1.165, 1.54) is 19.0 Å². The maximum atomic E-state index is 10.7. The maximum absolute atomic E-state index is 10.7. The van der Waals surface area contributed by atoms with Crippen molar-refractivity contribution in [3.05, 3.63) is 11.9 Å². The third-order valence-electron chi connectivity index (χ3n) is 3.87. The fourth-order valence-electron chi connectivity index (χ4n) is 2.42. The number of likely N-dealkylation sites (tertiary alicyclic amines) is 1. The van der Waals surface area contributed by atoms with Crippen LogP contribution >= 0.6 is 0 Å². The van der Waals surface area contributed by atoms with Gasteiger partial charge in [-0.2, -0.15) is 0 Å². The molecule has 2 fully saturated rings. The molecule has 6 nitrogen and oxygen atoms in total. The Morgan fingerprint density at radius 2 is 2.24 bits per heavy atom. The van der Waals surface area contributed by atoms with E-state index in [2.05, 4.69) is 22.1 Å². The number of rotatable bonds is 4. The average molecular weight is 236 g/mol. The molecule has 1 atom stereocenters. The molecule has 0 bridgehead atoms. The van der Waals surface area contributed by atoms with Crippen molar-refractivity contribution >= 4 is 5.97 Å². The number of carboxylic acid groups (broad SMARTS) is 1. The molecule has 1 aliphatic carbocycles. The van der Waals surface area contributed by atoms with Crippen LogP contribution in [0.2, 0.25) is 0 Å². The molecule has 0 radical (unpaired) electrons. The molecule has 1 unspecified atom stereocenters. The molecule has 0 spiro atoms. The predicted octanol–water partition coefficient (Wildman–Crippen LogP) is 0.631. The van der Waals surface area contributed by atoms with Crippen LogP contribution in [0, 0.1) is 5.92 Å². The van der Waals surface area contributed by atoms with Crippen molar-refractivity contribution in [2.75, 3.05) is 13.1 Å². The number of carbonyl (C=O) groups is 1. The van der Waals surface area contributed by atoms with Crippen LogP contribution in [0.4, 0.5) is 0 Å². The fourth-order valence-corrected chi connectivity index (χ4v) is 2.42. The smallest absolute Gasteiger partial charge is 0.358 e. The van der Waals surface area contributed by atoms with Gasteiger partial charge in [0, 0.05) is 19.1 Å². The molecule has 1 aromatic rings. The Bertz CT molecular complexity index is 434. The largest absolute Gasteiger partial charge is 0.476 e. The second kappa shape index (κ2) is 3.80. The summed E-state index contributed by atoms with van der Waals surface area (Å²) in [5, 5.41) is 16.3. The summed E-state index contributed by atoms with van der Waals surface area (Å²) in [5.41, 5.74) is 0.0266. The van der Waals surface area contributed by atoms with Gasteiger partial charge in [0.25, 0.3) is 0 Å². The van der Waals surface area contributed by atoms with Crippen molar-refractivity contribution in [1.82, 2.24) is 19.9 Å². The summed E-state index contributed by atoms with van der Waals surface area (Å²) in [6, 6.07) is 0.950. The Morgan fingerprint density at radius 3 is 2.76 bits per heavy atom. The summed E-state index contributed by atoms with van der Waals surface area (Å²) in [4.78, 5) is 13.1. The molecule has 92 valence electrons. The van der Waals surface area contributed by atoms with E-state index in [0.717, 1.165) is 19.0 Å². The van der Waals surface area contributed by atoms with E-state index in [4.69, 9.17) is 5.11 Å². The molecule has 1 N–H and O–H groups in total. The van der Waals surface area contributed by atoms with Crippen LogP contribution in [0.5, 0.6) is 0 Å². The zero-order chi connectivity index (χ0) is 12.0. The molecule has 1 aromatic heterocycles. The summed E-state index contributed by atoms with van der Waals surface area (Å²) in [6.07, 6.45) is 4.23. The van der Waals surface area contributed by atoms with Gasteiger partial charge >= 0.3 is 5.97 Å². The first kappa shape index (κ1) is 10.7. The molecule has 2 aliphatic rings. The van der Waals surface area contributed by atoms with Crippen LogP contribution in [0.3, 0.4) is 0 Å². The molecule has 0 amide bonds. The van der Waals surface area contributed by atoms with E-state index in [9.17, 15) is 4.79 Å². The quantitative estimate of drug-likeness (QED) is 0.830. The first-order valence-corrected chi connectivity index (χ1v) is 6.04. The lowest BCUT2D eigenvalue weighted by Crippen LogP contribution is -2.52. The topological polar surface area (TPSA) is 71.2 Å². The maximum Gasteiger partial charge on any atom is 0.358 e. The van der Waals surface area contributed by atoms with Crippen LogP contribution in [-0.4, -0.2) is 50.1 Å². The van der Waals surface area contributed by atoms with Crippen LogP contribution in [0.25, 0.3) is 0 Å². The lowest BCUT2D eigenvalue weighted by Gasteiger charge is -2.43. The zero-order valence-electron chi connectivity index (χ0n) is 9.78. The van der Waals surface area contributed by atoms with Gasteiger partial charge in [0.2, 0.25) is 0 Å². The van der Waals surface area contributed by atoms with Crippen molar-refractivity contribution in [2.45, 2.75) is 31.8 Å². The van der Waals surface area contributed by atoms with Crippen LogP contribution in [-0.2, 0) is 0 Å². The van der Waals surface area contributed by atoms with Crippen molar-refractivity contribution in [3.8, 4) is 0 Å². The first-order chi connectivity index (χ1) is 8.15. The number of aromatic carboxylic acids is 1. The lowest BCUT2D eigenvalue weighted by molar-refractivity contribution is 0.0499. The monoisotopic (exact) mass is 236 g/mol. The first-order valence-electron chi connectivity index (χ1n) is 6.04. The molecule has 1 saturated heterocycles. The summed E-state index contributed by atoms with van der Waals surface area (Å²) < 4.78 is 1.68. The van der Waals surface area contributed by atoms with E-state index >= 15 is 0 Å². The summed E-state index contributed by atoms with van der Waals surface area (Å²) >= 11 is 0. The summed E-state index contributed by atoms with van der Waals surface area (Å²) in [7, 11) is 0. The van der Waals surface area contributed by atoms with Crippen LogP contribution in [0.1, 0.15) is 36.3 Å². The number of aromatic nitrogens is 3. The molecular weight excluding hydrogens is 220 g/mol. The fraction of sp³-hybridized carbons (Fsp3) is 0.727. The Kier molecular flexibility index (Phi) is 2.39. The molecule has 1 aliphatic heterocycles. The third-order valence-corrected chi connectivity index (χ3v) is 3.87. The SMILES string of the molecule is CC(C1CC1)N1CC(n2cc(C(=O)O)nn2)C1. The highest BCUT2D eigenvalue weighted by atomic mass is 16.4. The lowest BCUT2D eigenvalue weighted by atomic mass is 10.0. The van der Waals surface area contributed by atoms with Gasteiger partial charge in [0.05, 0.1) is 12.2 Å². The molecule has 0 aromatic carbocycles. The van der Waals surface area contributed by atoms with Gasteiger partial charge < -0.3 is 5.11 Å². The van der Waals surface area contributed by atoms with Gasteiger partial charge in [-0.3, -0.25) is 4.90 Å². The van der Waals surface area contributed by atoms with Crippen LogP contribution in [0.15, 0.2) is 6.20 Å². The van der Waals surface area contributed by atoms with Crippen molar-refractivity contribution in [2.24, 2.45) is 5.92 Å². The number of hydrogen-bond acceptors (Lipinski definition) is 4. The molecule has 17 heavy (non-hydrogen) atoms. The average Bonchev–Trinajstić information content (AvgIpc) is 2.96. The van der Waals surface area contributed by atoms with E-state index in [1.807, 2.05) is 0 Å². The minimum Gasteiger partial charge on any atom is -0.476 e. The van der Waals surface area contributed by atoms with Crippen molar-refractivity contribution in [3.63, 3.8) is 0 Å². The zero-order valence-corrected chi connectivity index (χ0v) is 9.78. The van der Waals surface area contributed by atoms with E-state index < -0.39 is 5.97 Å². The normalized spacial score (nSPS) is 23.4. The molecule has 1 saturated carbocycles. The third kappa shape index (κ3) is 1.93. The van der Waals surface area contributed by atoms with Gasteiger partial charge in [-0.15, -0.1) is 5.10 Å². The van der Waals surface area contributed by atoms with Crippen molar-refractivity contribution < 1.29 is 9.90 Å². The predicted molar refractivity (Wildman–Crippen MR) is 59.8 cm³/mol. The molecule has 6 heteroatoms. The number of nitrogens with zero attached hydrogens (tertiary/aromatic N) is 4. The number of carboxylic acids is 1. The van der Waals surface area contributed by atoms with E-state index in [-0.39, 0.29) is 11.7 Å². The molecular formula is C11H16N4O2. The second-order valence-electron chi connectivity index (χ2n) is 5.07. The van der Waals surface area contributed by atoms with Gasteiger partial charge in [0.1, 0.15) is 0 Å². The standard InChI is InChI=1S/C11H16N4O2/c1-7(8-2-3-8)14-4-9(5-14)15-6-10(11(16)17)12-13-15/h6-9H,2-5H2,1H3,(H,16,17). The van der Waals surface area contributed by atoms with Gasteiger partial charge in [-0.25, -0.2) is 9.48 Å². The highest BCUT2D eigenvalue weighted by Crippen LogP contribution is 2.38. The molecule has 3 rings (SSSR count). The van der Waals surface area contributed by atoms with E-state index in [1.54, 1.807) is 4.68 Å². The van der Waals surface area contributed by atoms with Crippen molar-refractivity contribution in [1.29, 1.82) is 0 Å². The van der Waals surface area contributed by atoms with Crippen LogP contribution < -0.4 is 0 Å². The molecule has 2 heterocycles. The number of hydrogen-bond donors (Lipinski definition) is 1. The van der Waals surface area contributed by atoms with E-state index in [0.29, 0.717) is 6.04 Å².